The van der Waals surface area contributed by atoms with Gasteiger partial charge in [-0.15, -0.1) is 0 Å². The fourth-order valence-corrected chi connectivity index (χ4v) is 1.19. The van der Waals surface area contributed by atoms with E-state index in [0.29, 0.717) is 6.04 Å². The second kappa shape index (κ2) is 4.99. The molecule has 0 bridgehead atoms. The van der Waals surface area contributed by atoms with Crippen molar-refractivity contribution in [1.82, 2.24) is 5.32 Å². The maximum atomic E-state index is 5.24. The summed E-state index contributed by atoms with van der Waals surface area (Å²) in [6, 6.07) is 4.46. The summed E-state index contributed by atoms with van der Waals surface area (Å²) in [5.74, 6) is 1.06. The molecule has 1 unspecified atom stereocenters. The lowest BCUT2D eigenvalue weighted by atomic mass is 10.2. The van der Waals surface area contributed by atoms with E-state index in [0.717, 1.165) is 18.7 Å². The van der Waals surface area contributed by atoms with E-state index < -0.39 is 0 Å². The van der Waals surface area contributed by atoms with Gasteiger partial charge in [-0.3, -0.25) is 0 Å². The SMILES string of the molecule is CCCNC(C)Cc1ccco1. The minimum absolute atomic E-state index is 0.510. The van der Waals surface area contributed by atoms with Crippen LogP contribution in [0, 0.1) is 0 Å². The van der Waals surface area contributed by atoms with E-state index in [2.05, 4.69) is 19.2 Å². The predicted octanol–water partition coefficient (Wildman–Crippen LogP) is 2.21. The molecule has 0 aromatic carbocycles. The number of hydrogen-bond acceptors (Lipinski definition) is 2. The first-order valence-corrected chi connectivity index (χ1v) is 4.58. The van der Waals surface area contributed by atoms with Gasteiger partial charge in [-0.2, -0.15) is 0 Å². The van der Waals surface area contributed by atoms with Gasteiger partial charge in [0.2, 0.25) is 0 Å². The summed E-state index contributed by atoms with van der Waals surface area (Å²) in [5, 5.41) is 3.41. The number of hydrogen-bond donors (Lipinski definition) is 1. The lowest BCUT2D eigenvalue weighted by Crippen LogP contribution is -2.28. The van der Waals surface area contributed by atoms with Gasteiger partial charge in [0.1, 0.15) is 5.76 Å². The highest BCUT2D eigenvalue weighted by atomic mass is 16.3. The Bertz CT molecular complexity index is 194. The quantitative estimate of drug-likeness (QED) is 0.727. The van der Waals surface area contributed by atoms with Crippen LogP contribution in [-0.2, 0) is 6.42 Å². The molecule has 1 heterocycles. The van der Waals surface area contributed by atoms with E-state index in [4.69, 9.17) is 4.42 Å². The molecule has 0 saturated carbocycles. The van der Waals surface area contributed by atoms with Crippen molar-refractivity contribution in [2.45, 2.75) is 32.7 Å². The van der Waals surface area contributed by atoms with Crippen molar-refractivity contribution >= 4 is 0 Å². The van der Waals surface area contributed by atoms with Crippen LogP contribution in [0.15, 0.2) is 22.8 Å². The predicted molar refractivity (Wildman–Crippen MR) is 50.2 cm³/mol. The molecule has 2 heteroatoms. The molecule has 0 aliphatic heterocycles. The molecule has 1 aromatic heterocycles. The molecule has 1 atom stereocenters. The third-order valence-corrected chi connectivity index (χ3v) is 1.83. The molecular weight excluding hydrogens is 150 g/mol. The zero-order valence-electron chi connectivity index (χ0n) is 7.84. The first-order chi connectivity index (χ1) is 5.83. The second-order valence-electron chi connectivity index (χ2n) is 3.14. The third kappa shape index (κ3) is 3.09. The Morgan fingerprint density at radius 1 is 1.58 bits per heavy atom. The van der Waals surface area contributed by atoms with Crippen molar-refractivity contribution in [2.75, 3.05) is 6.54 Å². The van der Waals surface area contributed by atoms with E-state index in [9.17, 15) is 0 Å². The van der Waals surface area contributed by atoms with Crippen molar-refractivity contribution in [3.8, 4) is 0 Å². The number of rotatable bonds is 5. The van der Waals surface area contributed by atoms with Crippen LogP contribution in [-0.4, -0.2) is 12.6 Å². The van der Waals surface area contributed by atoms with Gasteiger partial charge in [0.15, 0.2) is 0 Å². The molecule has 1 rings (SSSR count). The van der Waals surface area contributed by atoms with Crippen LogP contribution in [0.1, 0.15) is 26.0 Å². The van der Waals surface area contributed by atoms with Crippen molar-refractivity contribution < 1.29 is 4.42 Å². The molecule has 0 radical (unpaired) electrons. The Balaban J connectivity index is 2.22. The molecule has 2 nitrogen and oxygen atoms in total. The summed E-state index contributed by atoms with van der Waals surface area (Å²) in [5.41, 5.74) is 0. The first kappa shape index (κ1) is 9.33. The van der Waals surface area contributed by atoms with Crippen LogP contribution in [0.4, 0.5) is 0 Å². The highest BCUT2D eigenvalue weighted by Crippen LogP contribution is 2.03. The molecule has 1 aromatic rings. The van der Waals surface area contributed by atoms with Crippen LogP contribution in [0.3, 0.4) is 0 Å². The van der Waals surface area contributed by atoms with Gasteiger partial charge in [0.25, 0.3) is 0 Å². The topological polar surface area (TPSA) is 25.2 Å². The lowest BCUT2D eigenvalue weighted by molar-refractivity contribution is 0.457. The van der Waals surface area contributed by atoms with Gasteiger partial charge in [-0.25, -0.2) is 0 Å². The van der Waals surface area contributed by atoms with Gasteiger partial charge in [-0.1, -0.05) is 6.92 Å². The Kier molecular flexibility index (Phi) is 3.88. The van der Waals surface area contributed by atoms with E-state index in [1.54, 1.807) is 6.26 Å². The molecule has 0 saturated heterocycles. The van der Waals surface area contributed by atoms with E-state index >= 15 is 0 Å². The molecule has 0 aliphatic rings. The summed E-state index contributed by atoms with van der Waals surface area (Å²) >= 11 is 0. The molecule has 0 spiro atoms. The molecule has 1 N–H and O–H groups in total. The van der Waals surface area contributed by atoms with Gasteiger partial charge in [0, 0.05) is 12.5 Å². The summed E-state index contributed by atoms with van der Waals surface area (Å²) in [6.07, 6.45) is 3.89. The van der Waals surface area contributed by atoms with Crippen molar-refractivity contribution in [1.29, 1.82) is 0 Å². The van der Waals surface area contributed by atoms with Gasteiger partial charge in [-0.05, 0) is 32.0 Å². The molecule has 12 heavy (non-hydrogen) atoms. The zero-order chi connectivity index (χ0) is 8.81. The monoisotopic (exact) mass is 167 g/mol. The van der Waals surface area contributed by atoms with Gasteiger partial charge in [0.05, 0.1) is 6.26 Å². The number of furan rings is 1. The van der Waals surface area contributed by atoms with Crippen LogP contribution >= 0.6 is 0 Å². The Hall–Kier alpha value is -0.760. The standard InChI is InChI=1S/C10H17NO/c1-3-6-11-9(2)8-10-5-4-7-12-10/h4-5,7,9,11H,3,6,8H2,1-2H3. The van der Waals surface area contributed by atoms with Crippen molar-refractivity contribution in [3.05, 3.63) is 24.2 Å². The zero-order valence-corrected chi connectivity index (χ0v) is 7.84. The Morgan fingerprint density at radius 2 is 2.42 bits per heavy atom. The van der Waals surface area contributed by atoms with Crippen molar-refractivity contribution in [2.24, 2.45) is 0 Å². The Labute approximate surface area is 74.0 Å². The Morgan fingerprint density at radius 3 is 3.00 bits per heavy atom. The molecule has 68 valence electrons. The molecule has 0 aliphatic carbocycles. The smallest absolute Gasteiger partial charge is 0.105 e. The van der Waals surface area contributed by atoms with Crippen LogP contribution < -0.4 is 5.32 Å². The first-order valence-electron chi connectivity index (χ1n) is 4.58. The largest absolute Gasteiger partial charge is 0.469 e. The van der Waals surface area contributed by atoms with E-state index in [-0.39, 0.29) is 0 Å². The van der Waals surface area contributed by atoms with Crippen LogP contribution in [0.2, 0.25) is 0 Å². The van der Waals surface area contributed by atoms with Crippen molar-refractivity contribution in [3.63, 3.8) is 0 Å². The second-order valence-corrected chi connectivity index (χ2v) is 3.14. The molecule has 0 amide bonds. The summed E-state index contributed by atoms with van der Waals surface area (Å²) in [7, 11) is 0. The maximum absolute atomic E-state index is 5.24. The average Bonchev–Trinajstić information content (AvgIpc) is 2.53. The minimum atomic E-state index is 0.510. The minimum Gasteiger partial charge on any atom is -0.469 e. The fourth-order valence-electron chi connectivity index (χ4n) is 1.19. The van der Waals surface area contributed by atoms with Gasteiger partial charge < -0.3 is 9.73 Å². The maximum Gasteiger partial charge on any atom is 0.105 e. The highest BCUT2D eigenvalue weighted by Gasteiger charge is 2.03. The van der Waals surface area contributed by atoms with Crippen LogP contribution in [0.5, 0.6) is 0 Å². The summed E-state index contributed by atoms with van der Waals surface area (Å²) < 4.78 is 5.24. The summed E-state index contributed by atoms with van der Waals surface area (Å²) in [4.78, 5) is 0. The third-order valence-electron chi connectivity index (χ3n) is 1.83. The molecule has 0 fully saturated rings. The molecular formula is C10H17NO. The van der Waals surface area contributed by atoms with Gasteiger partial charge >= 0.3 is 0 Å². The highest BCUT2D eigenvalue weighted by molar-refractivity contribution is 4.99. The van der Waals surface area contributed by atoms with Crippen LogP contribution in [0.25, 0.3) is 0 Å². The van der Waals surface area contributed by atoms with E-state index in [1.807, 2.05) is 12.1 Å². The normalized spacial score (nSPS) is 13.2. The lowest BCUT2D eigenvalue weighted by Gasteiger charge is -2.10. The van der Waals surface area contributed by atoms with E-state index in [1.165, 1.54) is 6.42 Å². The average molecular weight is 167 g/mol. The fraction of sp³-hybridized carbons (Fsp3) is 0.600. The number of nitrogens with one attached hydrogen (secondary N) is 1. The summed E-state index contributed by atoms with van der Waals surface area (Å²) in [6.45, 7) is 5.44.